The molecule has 1 amide bonds. The van der Waals surface area contributed by atoms with Crippen LogP contribution in [0.4, 0.5) is 0 Å². The van der Waals surface area contributed by atoms with Gasteiger partial charge >= 0.3 is 0 Å². The molecule has 1 aliphatic heterocycles. The second kappa shape index (κ2) is 9.61. The number of nitrogens with zero attached hydrogens (tertiary/aromatic N) is 2. The van der Waals surface area contributed by atoms with Gasteiger partial charge in [-0.1, -0.05) is 36.4 Å². The Morgan fingerprint density at radius 1 is 1.03 bits per heavy atom. The smallest absolute Gasteiger partial charge is 0.254 e. The molecule has 3 aromatic carbocycles. The summed E-state index contributed by atoms with van der Waals surface area (Å²) in [7, 11) is 5.38. The number of methoxy groups -OCH3 is 2. The lowest BCUT2D eigenvalue weighted by atomic mass is 9.98. The molecule has 5 heteroatoms. The number of fused-ring (bicyclic) bond motifs is 2. The average molecular weight is 433 g/mol. The van der Waals surface area contributed by atoms with Gasteiger partial charge in [-0.2, -0.15) is 0 Å². The molecule has 0 spiro atoms. The van der Waals surface area contributed by atoms with Gasteiger partial charge in [-0.25, -0.2) is 0 Å². The molecule has 0 radical (unpaired) electrons. The zero-order valence-corrected chi connectivity index (χ0v) is 19.5. The number of carbonyl (C=O) groups excluding carboxylic acids is 1. The molecule has 0 fully saturated rings. The number of benzene rings is 3. The minimum atomic E-state index is 0.0831. The topological polar surface area (TPSA) is 42.0 Å². The predicted molar refractivity (Wildman–Crippen MR) is 129 cm³/mol. The number of aryl methyl sites for hydroxylation is 1. The predicted octanol–water partition coefficient (Wildman–Crippen LogP) is 4.69. The molecule has 4 rings (SSSR count). The lowest BCUT2D eigenvalue weighted by molar-refractivity contribution is 0.0732. The molecular formula is C27H32N2O3. The van der Waals surface area contributed by atoms with E-state index in [0.29, 0.717) is 11.5 Å². The van der Waals surface area contributed by atoms with Crippen molar-refractivity contribution in [2.45, 2.75) is 26.3 Å². The molecule has 1 heterocycles. The SMILES string of the molecule is COc1cc2c(cc1OC)C(=O)N(CCCN(C)Cc1c(C)ccc3ccccc13)CC2. The Morgan fingerprint density at radius 2 is 1.78 bits per heavy atom. The van der Waals surface area contributed by atoms with Gasteiger partial charge in [0, 0.05) is 25.2 Å². The van der Waals surface area contributed by atoms with Gasteiger partial charge in [0.2, 0.25) is 0 Å². The first-order chi connectivity index (χ1) is 15.5. The van der Waals surface area contributed by atoms with Crippen LogP contribution in [0.5, 0.6) is 11.5 Å². The van der Waals surface area contributed by atoms with Crippen LogP contribution in [0.3, 0.4) is 0 Å². The molecule has 0 aromatic heterocycles. The monoisotopic (exact) mass is 432 g/mol. The summed E-state index contributed by atoms with van der Waals surface area (Å²) in [5.74, 6) is 1.37. The lowest BCUT2D eigenvalue weighted by Gasteiger charge is -2.30. The normalized spacial score (nSPS) is 13.5. The van der Waals surface area contributed by atoms with E-state index in [1.165, 1.54) is 21.9 Å². The molecule has 5 nitrogen and oxygen atoms in total. The highest BCUT2D eigenvalue weighted by Crippen LogP contribution is 2.33. The summed E-state index contributed by atoms with van der Waals surface area (Å²) in [6.45, 7) is 5.52. The molecule has 0 saturated carbocycles. The fourth-order valence-electron chi connectivity index (χ4n) is 4.60. The quantitative estimate of drug-likeness (QED) is 0.518. The Morgan fingerprint density at radius 3 is 2.56 bits per heavy atom. The number of hydrogen-bond acceptors (Lipinski definition) is 4. The maximum absolute atomic E-state index is 13.1. The van der Waals surface area contributed by atoms with E-state index in [0.717, 1.165) is 50.1 Å². The summed E-state index contributed by atoms with van der Waals surface area (Å²) in [6.07, 6.45) is 1.78. The summed E-state index contributed by atoms with van der Waals surface area (Å²) in [5.41, 5.74) is 4.47. The van der Waals surface area contributed by atoms with E-state index in [9.17, 15) is 4.79 Å². The van der Waals surface area contributed by atoms with Crippen molar-refractivity contribution < 1.29 is 14.3 Å². The number of hydrogen-bond donors (Lipinski definition) is 0. The maximum atomic E-state index is 13.1. The van der Waals surface area contributed by atoms with E-state index in [4.69, 9.17) is 9.47 Å². The van der Waals surface area contributed by atoms with Crippen molar-refractivity contribution in [2.75, 3.05) is 40.9 Å². The van der Waals surface area contributed by atoms with Gasteiger partial charge in [-0.05, 0) is 73.0 Å². The number of rotatable bonds is 8. The minimum Gasteiger partial charge on any atom is -0.493 e. The first-order valence-electron chi connectivity index (χ1n) is 11.2. The van der Waals surface area contributed by atoms with Gasteiger partial charge in [-0.3, -0.25) is 4.79 Å². The molecule has 0 bridgehead atoms. The van der Waals surface area contributed by atoms with Crippen LogP contribution in [-0.4, -0.2) is 56.6 Å². The van der Waals surface area contributed by atoms with Gasteiger partial charge in [0.05, 0.1) is 14.2 Å². The molecule has 0 atom stereocenters. The van der Waals surface area contributed by atoms with Crippen LogP contribution in [0.2, 0.25) is 0 Å². The van der Waals surface area contributed by atoms with Gasteiger partial charge in [0.25, 0.3) is 5.91 Å². The standard InChI is InChI=1S/C27H32N2O3/c1-19-10-11-20-8-5-6-9-22(20)24(19)18-28(2)13-7-14-29-15-12-21-16-25(31-3)26(32-4)17-23(21)27(29)30/h5-6,8-11,16-17H,7,12-15,18H2,1-4H3. The molecule has 168 valence electrons. The maximum Gasteiger partial charge on any atom is 0.254 e. The fourth-order valence-corrected chi connectivity index (χ4v) is 4.60. The van der Waals surface area contributed by atoms with Crippen molar-refractivity contribution in [3.05, 3.63) is 70.8 Å². The fraction of sp³-hybridized carbons (Fsp3) is 0.370. The van der Waals surface area contributed by atoms with Crippen LogP contribution < -0.4 is 9.47 Å². The third-order valence-corrected chi connectivity index (χ3v) is 6.45. The Labute approximate surface area is 190 Å². The van der Waals surface area contributed by atoms with E-state index in [1.807, 2.05) is 17.0 Å². The van der Waals surface area contributed by atoms with E-state index in [2.05, 4.69) is 55.3 Å². The second-order valence-corrected chi connectivity index (χ2v) is 8.58. The number of ether oxygens (including phenoxy) is 2. The summed E-state index contributed by atoms with van der Waals surface area (Å²) in [4.78, 5) is 17.4. The van der Waals surface area contributed by atoms with Crippen LogP contribution >= 0.6 is 0 Å². The third kappa shape index (κ3) is 4.44. The van der Waals surface area contributed by atoms with Gasteiger partial charge < -0.3 is 19.3 Å². The Hall–Kier alpha value is -3.05. The van der Waals surface area contributed by atoms with E-state index in [1.54, 1.807) is 14.2 Å². The number of amides is 1. The van der Waals surface area contributed by atoms with Crippen molar-refractivity contribution >= 4 is 16.7 Å². The van der Waals surface area contributed by atoms with E-state index in [-0.39, 0.29) is 5.91 Å². The molecular weight excluding hydrogens is 400 g/mol. The van der Waals surface area contributed by atoms with Crippen LogP contribution in [0.15, 0.2) is 48.5 Å². The first-order valence-corrected chi connectivity index (χ1v) is 11.2. The van der Waals surface area contributed by atoms with Crippen molar-refractivity contribution in [2.24, 2.45) is 0 Å². The Balaban J connectivity index is 1.37. The molecule has 32 heavy (non-hydrogen) atoms. The molecule has 1 aliphatic rings. The highest BCUT2D eigenvalue weighted by atomic mass is 16.5. The summed E-state index contributed by atoms with van der Waals surface area (Å²) in [6, 6.07) is 16.7. The molecule has 0 saturated heterocycles. The van der Waals surface area contributed by atoms with E-state index < -0.39 is 0 Å². The van der Waals surface area contributed by atoms with Crippen LogP contribution in [0, 0.1) is 6.92 Å². The van der Waals surface area contributed by atoms with Crippen LogP contribution in [0.25, 0.3) is 10.8 Å². The van der Waals surface area contributed by atoms with Crippen LogP contribution in [0.1, 0.15) is 33.5 Å². The largest absolute Gasteiger partial charge is 0.493 e. The number of carbonyl (C=O) groups is 1. The third-order valence-electron chi connectivity index (χ3n) is 6.45. The van der Waals surface area contributed by atoms with E-state index >= 15 is 0 Å². The summed E-state index contributed by atoms with van der Waals surface area (Å²) in [5, 5.41) is 2.61. The zero-order chi connectivity index (χ0) is 22.7. The Kier molecular flexibility index (Phi) is 6.66. The molecule has 0 N–H and O–H groups in total. The van der Waals surface area contributed by atoms with Gasteiger partial charge in [-0.15, -0.1) is 0 Å². The minimum absolute atomic E-state index is 0.0831. The highest BCUT2D eigenvalue weighted by molar-refractivity contribution is 5.97. The molecule has 3 aromatic rings. The zero-order valence-electron chi connectivity index (χ0n) is 19.5. The van der Waals surface area contributed by atoms with Crippen LogP contribution in [-0.2, 0) is 13.0 Å². The Bertz CT molecular complexity index is 1130. The molecule has 0 aliphatic carbocycles. The molecule has 0 unspecified atom stereocenters. The van der Waals surface area contributed by atoms with Crippen molar-refractivity contribution in [3.8, 4) is 11.5 Å². The van der Waals surface area contributed by atoms with Gasteiger partial charge in [0.1, 0.15) is 0 Å². The van der Waals surface area contributed by atoms with Crippen molar-refractivity contribution in [1.29, 1.82) is 0 Å². The highest BCUT2D eigenvalue weighted by Gasteiger charge is 2.26. The summed E-state index contributed by atoms with van der Waals surface area (Å²) < 4.78 is 10.8. The second-order valence-electron chi connectivity index (χ2n) is 8.58. The van der Waals surface area contributed by atoms with Crippen molar-refractivity contribution in [1.82, 2.24) is 9.80 Å². The first kappa shape index (κ1) is 22.2. The average Bonchev–Trinajstić information content (AvgIpc) is 2.81. The summed E-state index contributed by atoms with van der Waals surface area (Å²) >= 11 is 0. The van der Waals surface area contributed by atoms with Gasteiger partial charge in [0.15, 0.2) is 11.5 Å². The van der Waals surface area contributed by atoms with Crippen molar-refractivity contribution in [3.63, 3.8) is 0 Å². The lowest BCUT2D eigenvalue weighted by Crippen LogP contribution is -2.39.